The third-order valence-electron chi connectivity index (χ3n) is 3.63. The summed E-state index contributed by atoms with van der Waals surface area (Å²) in [6.07, 6.45) is 2.08. The fraction of sp³-hybridized carbons (Fsp3) is 0.200. The van der Waals surface area contributed by atoms with Crippen molar-refractivity contribution in [2.24, 2.45) is 11.5 Å². The molecule has 120 valence electrons. The molecule has 6 N–H and O–H groups in total. The SMILES string of the molecule is NC(=O)/C(Cl)=C(\N)C(=O)Nc1ccc([C@H]2O[C@H]3C=C2NC3)cc1. The maximum Gasteiger partial charge on any atom is 0.273 e. The Balaban J connectivity index is 1.69. The molecule has 2 aliphatic rings. The summed E-state index contributed by atoms with van der Waals surface area (Å²) in [7, 11) is 0. The number of hydrogen-bond donors (Lipinski definition) is 4. The van der Waals surface area contributed by atoms with Gasteiger partial charge in [-0.05, 0) is 23.8 Å². The predicted octanol–water partition coefficient (Wildman–Crippen LogP) is 0.446. The molecule has 2 aliphatic heterocycles. The maximum absolute atomic E-state index is 11.9. The lowest BCUT2D eigenvalue weighted by Crippen LogP contribution is -2.28. The topological polar surface area (TPSA) is 119 Å². The molecule has 8 heteroatoms. The van der Waals surface area contributed by atoms with Crippen LogP contribution in [0.3, 0.4) is 0 Å². The number of nitrogens with one attached hydrogen (secondary N) is 2. The number of nitrogens with two attached hydrogens (primary N) is 2. The summed E-state index contributed by atoms with van der Waals surface area (Å²) in [6.45, 7) is 0.812. The molecule has 0 fully saturated rings. The Kier molecular flexibility index (Phi) is 3.97. The van der Waals surface area contributed by atoms with Gasteiger partial charge in [0.1, 0.15) is 16.8 Å². The first-order valence-corrected chi connectivity index (χ1v) is 7.31. The van der Waals surface area contributed by atoms with E-state index >= 15 is 0 Å². The van der Waals surface area contributed by atoms with Crippen LogP contribution in [0, 0.1) is 0 Å². The number of carbonyl (C=O) groups is 2. The Morgan fingerprint density at radius 2 is 1.96 bits per heavy atom. The summed E-state index contributed by atoms with van der Waals surface area (Å²) in [4.78, 5) is 22.8. The van der Waals surface area contributed by atoms with Crippen LogP contribution in [0.25, 0.3) is 0 Å². The zero-order valence-corrected chi connectivity index (χ0v) is 12.8. The van der Waals surface area contributed by atoms with E-state index in [9.17, 15) is 9.59 Å². The van der Waals surface area contributed by atoms with Gasteiger partial charge in [-0.3, -0.25) is 9.59 Å². The molecule has 0 spiro atoms. The van der Waals surface area contributed by atoms with Gasteiger partial charge in [0.2, 0.25) is 0 Å². The van der Waals surface area contributed by atoms with Crippen molar-refractivity contribution in [1.82, 2.24) is 5.32 Å². The number of primary amides is 1. The molecule has 2 amide bonds. The van der Waals surface area contributed by atoms with Crippen molar-refractivity contribution in [2.75, 3.05) is 11.9 Å². The number of morpholine rings is 1. The molecule has 3 rings (SSSR count). The van der Waals surface area contributed by atoms with Crippen LogP contribution in [0.1, 0.15) is 11.7 Å². The molecule has 7 nitrogen and oxygen atoms in total. The second kappa shape index (κ2) is 5.94. The highest BCUT2D eigenvalue weighted by Gasteiger charge is 2.33. The monoisotopic (exact) mass is 334 g/mol. The zero-order valence-electron chi connectivity index (χ0n) is 12.0. The molecule has 23 heavy (non-hydrogen) atoms. The second-order valence-electron chi connectivity index (χ2n) is 5.23. The van der Waals surface area contributed by atoms with Crippen LogP contribution in [-0.4, -0.2) is 24.5 Å². The summed E-state index contributed by atoms with van der Waals surface area (Å²) in [6, 6.07) is 7.13. The summed E-state index contributed by atoms with van der Waals surface area (Å²) in [5, 5.41) is 5.33. The number of benzene rings is 1. The highest BCUT2D eigenvalue weighted by molar-refractivity contribution is 6.44. The molecule has 1 aromatic carbocycles. The standard InChI is InChI=1S/C15H15ClN4O3/c16-11(14(18)21)12(17)15(22)20-8-3-1-7(2-4-8)13-10-5-9(23-13)6-19-10/h1-5,9,13,19H,6,17H2,(H2,18,21)(H,20,22)/b12-11+/t9-,13+/m0/s1. The van der Waals surface area contributed by atoms with E-state index in [0.29, 0.717) is 5.69 Å². The summed E-state index contributed by atoms with van der Waals surface area (Å²) >= 11 is 5.56. The van der Waals surface area contributed by atoms with Gasteiger partial charge in [0, 0.05) is 17.9 Å². The number of halogens is 1. The molecule has 0 aromatic heterocycles. The van der Waals surface area contributed by atoms with Gasteiger partial charge >= 0.3 is 0 Å². The minimum absolute atomic E-state index is 0.104. The van der Waals surface area contributed by atoms with Crippen molar-refractivity contribution in [3.63, 3.8) is 0 Å². The average Bonchev–Trinajstić information content (AvgIpc) is 3.17. The van der Waals surface area contributed by atoms with Crippen molar-refractivity contribution in [3.05, 3.63) is 52.3 Å². The number of carbonyl (C=O) groups excluding carboxylic acids is 2. The largest absolute Gasteiger partial charge is 0.393 e. The van der Waals surface area contributed by atoms with Crippen molar-refractivity contribution in [1.29, 1.82) is 0 Å². The second-order valence-corrected chi connectivity index (χ2v) is 5.60. The van der Waals surface area contributed by atoms with Gasteiger partial charge in [0.05, 0.1) is 6.10 Å². The summed E-state index contributed by atoms with van der Waals surface area (Å²) in [5.74, 6) is -1.65. The molecular weight excluding hydrogens is 320 g/mol. The first kappa shape index (κ1) is 15.4. The van der Waals surface area contributed by atoms with Crippen LogP contribution < -0.4 is 22.1 Å². The summed E-state index contributed by atoms with van der Waals surface area (Å²) in [5.41, 5.74) is 12.6. The van der Waals surface area contributed by atoms with Crippen LogP contribution in [-0.2, 0) is 14.3 Å². The van der Waals surface area contributed by atoms with Crippen molar-refractivity contribution < 1.29 is 14.3 Å². The molecular formula is C15H15ClN4O3. The van der Waals surface area contributed by atoms with Gasteiger partial charge in [-0.2, -0.15) is 0 Å². The van der Waals surface area contributed by atoms with Crippen LogP contribution >= 0.6 is 11.6 Å². The molecule has 2 bridgehead atoms. The van der Waals surface area contributed by atoms with E-state index in [2.05, 4.69) is 16.7 Å². The quantitative estimate of drug-likeness (QED) is 0.596. The van der Waals surface area contributed by atoms with Crippen molar-refractivity contribution in [2.45, 2.75) is 12.2 Å². The van der Waals surface area contributed by atoms with Gasteiger partial charge in [-0.15, -0.1) is 0 Å². The number of anilines is 1. The molecule has 1 aromatic rings. The highest BCUT2D eigenvalue weighted by Crippen LogP contribution is 2.35. The van der Waals surface area contributed by atoms with E-state index < -0.39 is 22.5 Å². The lowest BCUT2D eigenvalue weighted by Gasteiger charge is -2.23. The maximum atomic E-state index is 11.9. The predicted molar refractivity (Wildman–Crippen MR) is 85.0 cm³/mol. The molecule has 0 radical (unpaired) electrons. The Labute approximate surface area is 137 Å². The van der Waals surface area contributed by atoms with E-state index in [1.165, 1.54) is 0 Å². The number of amides is 2. The minimum atomic E-state index is -0.955. The molecule has 0 saturated carbocycles. The molecule has 0 aliphatic carbocycles. The van der Waals surface area contributed by atoms with Crippen LogP contribution in [0.4, 0.5) is 5.69 Å². The third-order valence-corrected chi connectivity index (χ3v) is 4.02. The average molecular weight is 335 g/mol. The van der Waals surface area contributed by atoms with E-state index in [0.717, 1.165) is 17.8 Å². The Hall–Kier alpha value is -2.51. The van der Waals surface area contributed by atoms with Gasteiger partial charge in [0.15, 0.2) is 0 Å². The number of fused-ring (bicyclic) bond motifs is 1. The van der Waals surface area contributed by atoms with E-state index in [1.807, 2.05) is 12.1 Å². The minimum Gasteiger partial charge on any atom is -0.393 e. The fourth-order valence-corrected chi connectivity index (χ4v) is 2.57. The first-order valence-electron chi connectivity index (χ1n) is 6.93. The number of hydrogen-bond acceptors (Lipinski definition) is 5. The smallest absolute Gasteiger partial charge is 0.273 e. The van der Waals surface area contributed by atoms with Gasteiger partial charge < -0.3 is 26.8 Å². The van der Waals surface area contributed by atoms with Crippen LogP contribution in [0.15, 0.2) is 46.8 Å². The number of ether oxygens (including phenoxy) is 1. The highest BCUT2D eigenvalue weighted by atomic mass is 35.5. The van der Waals surface area contributed by atoms with E-state index in [1.54, 1.807) is 12.1 Å². The first-order chi connectivity index (χ1) is 11.0. The molecule has 2 atom stereocenters. The fourth-order valence-electron chi connectivity index (χ4n) is 2.48. The Morgan fingerprint density at radius 1 is 1.26 bits per heavy atom. The van der Waals surface area contributed by atoms with E-state index in [-0.39, 0.29) is 12.2 Å². The van der Waals surface area contributed by atoms with Crippen molar-refractivity contribution in [3.8, 4) is 0 Å². The Morgan fingerprint density at radius 3 is 2.48 bits per heavy atom. The van der Waals surface area contributed by atoms with Crippen LogP contribution in [0.2, 0.25) is 0 Å². The van der Waals surface area contributed by atoms with Gasteiger partial charge in [-0.25, -0.2) is 0 Å². The van der Waals surface area contributed by atoms with Gasteiger partial charge in [0.25, 0.3) is 11.8 Å². The van der Waals surface area contributed by atoms with E-state index in [4.69, 9.17) is 27.8 Å². The molecule has 0 unspecified atom stereocenters. The third kappa shape index (κ3) is 3.01. The van der Waals surface area contributed by atoms with Gasteiger partial charge in [-0.1, -0.05) is 23.7 Å². The van der Waals surface area contributed by atoms with Crippen LogP contribution in [0.5, 0.6) is 0 Å². The molecule has 2 heterocycles. The number of rotatable bonds is 4. The summed E-state index contributed by atoms with van der Waals surface area (Å²) < 4.78 is 5.82. The normalized spacial score (nSPS) is 22.9. The molecule has 0 saturated heterocycles. The Bertz CT molecular complexity index is 727. The zero-order chi connectivity index (χ0) is 16.6. The lowest BCUT2D eigenvalue weighted by molar-refractivity contribution is -0.116. The van der Waals surface area contributed by atoms with Crippen molar-refractivity contribution >= 4 is 29.1 Å². The lowest BCUT2D eigenvalue weighted by atomic mass is 10.1.